The predicted octanol–water partition coefficient (Wildman–Crippen LogP) is 3.89. The number of anilines is 1. The highest BCUT2D eigenvalue weighted by Crippen LogP contribution is 2.42. The molecule has 1 amide bonds. The maximum atomic E-state index is 13.1. The smallest absolute Gasteiger partial charge is 0.255 e. The Bertz CT molecular complexity index is 1340. The molecule has 0 saturated heterocycles. The highest BCUT2D eigenvalue weighted by atomic mass is 35.5. The molecule has 1 atom stereocenters. The predicted molar refractivity (Wildman–Crippen MR) is 114 cm³/mol. The number of rotatable bonds is 4. The lowest BCUT2D eigenvalue weighted by Crippen LogP contribution is -2.16. The Morgan fingerprint density at radius 3 is 2.30 bits per heavy atom. The summed E-state index contributed by atoms with van der Waals surface area (Å²) in [5.41, 5.74) is 0.827. The molecule has 154 valence electrons. The van der Waals surface area contributed by atoms with Gasteiger partial charge in [-0.2, -0.15) is 0 Å². The van der Waals surface area contributed by atoms with Crippen molar-refractivity contribution in [2.24, 2.45) is 0 Å². The second-order valence-corrected chi connectivity index (χ2v) is 11.4. The SMILES string of the molecule is O=C(Nc1ccc2c(c1)C(S(=O)(=O)c1ccccc1)CS2(=O)=O)c1ccc(Cl)cc1. The maximum Gasteiger partial charge on any atom is 0.255 e. The molecule has 3 aromatic rings. The van der Waals surface area contributed by atoms with Crippen LogP contribution in [0.5, 0.6) is 0 Å². The van der Waals surface area contributed by atoms with Crippen molar-refractivity contribution in [2.75, 3.05) is 11.1 Å². The molecule has 6 nitrogen and oxygen atoms in total. The zero-order valence-electron chi connectivity index (χ0n) is 15.4. The van der Waals surface area contributed by atoms with E-state index in [2.05, 4.69) is 5.32 Å². The van der Waals surface area contributed by atoms with Gasteiger partial charge >= 0.3 is 0 Å². The fourth-order valence-corrected chi connectivity index (χ4v) is 7.82. The molecule has 1 N–H and O–H groups in total. The minimum atomic E-state index is -3.93. The molecule has 0 radical (unpaired) electrons. The van der Waals surface area contributed by atoms with E-state index in [1.807, 2.05) is 0 Å². The third-order valence-corrected chi connectivity index (χ3v) is 9.25. The topological polar surface area (TPSA) is 97.4 Å². The second-order valence-electron chi connectivity index (χ2n) is 6.84. The lowest BCUT2D eigenvalue weighted by Gasteiger charge is -2.13. The van der Waals surface area contributed by atoms with Gasteiger partial charge in [-0.1, -0.05) is 29.8 Å². The average molecular weight is 462 g/mol. The average Bonchev–Trinajstić information content (AvgIpc) is 3.00. The summed E-state index contributed by atoms with van der Waals surface area (Å²) in [6.07, 6.45) is 0. The van der Waals surface area contributed by atoms with Crippen LogP contribution in [0, 0.1) is 0 Å². The van der Waals surface area contributed by atoms with Crippen molar-refractivity contribution >= 4 is 42.9 Å². The van der Waals surface area contributed by atoms with Crippen LogP contribution >= 0.6 is 11.6 Å². The first-order valence-corrected chi connectivity index (χ1v) is 12.5. The number of sulfone groups is 2. The van der Waals surface area contributed by atoms with Gasteiger partial charge in [0.2, 0.25) is 0 Å². The summed E-state index contributed by atoms with van der Waals surface area (Å²) >= 11 is 5.83. The van der Waals surface area contributed by atoms with E-state index in [9.17, 15) is 21.6 Å². The molecule has 9 heteroatoms. The Morgan fingerprint density at radius 2 is 1.63 bits per heavy atom. The molecule has 1 aliphatic rings. The van der Waals surface area contributed by atoms with Crippen molar-refractivity contribution in [2.45, 2.75) is 15.0 Å². The number of hydrogen-bond donors (Lipinski definition) is 1. The highest BCUT2D eigenvalue weighted by Gasteiger charge is 2.43. The number of carbonyl (C=O) groups excluding carboxylic acids is 1. The Kier molecular flexibility index (Phi) is 5.17. The van der Waals surface area contributed by atoms with E-state index in [4.69, 9.17) is 11.6 Å². The lowest BCUT2D eigenvalue weighted by atomic mass is 10.1. The number of halogens is 1. The van der Waals surface area contributed by atoms with Gasteiger partial charge in [-0.15, -0.1) is 0 Å². The van der Waals surface area contributed by atoms with Crippen LogP contribution in [-0.4, -0.2) is 28.5 Å². The molecule has 4 rings (SSSR count). The van der Waals surface area contributed by atoms with Crippen LogP contribution in [-0.2, 0) is 19.7 Å². The molecule has 0 fully saturated rings. The summed E-state index contributed by atoms with van der Waals surface area (Å²) < 4.78 is 51.3. The third kappa shape index (κ3) is 3.74. The Morgan fingerprint density at radius 1 is 0.967 bits per heavy atom. The normalized spacial score (nSPS) is 17.3. The van der Waals surface area contributed by atoms with Crippen molar-refractivity contribution in [3.8, 4) is 0 Å². The number of carbonyl (C=O) groups is 1. The van der Waals surface area contributed by atoms with Crippen molar-refractivity contribution in [3.63, 3.8) is 0 Å². The second kappa shape index (κ2) is 7.54. The molecule has 0 saturated carbocycles. The summed E-state index contributed by atoms with van der Waals surface area (Å²) in [6, 6.07) is 18.2. The number of benzene rings is 3. The molecule has 30 heavy (non-hydrogen) atoms. The molecule has 0 aromatic heterocycles. The largest absolute Gasteiger partial charge is 0.322 e. The van der Waals surface area contributed by atoms with E-state index < -0.39 is 36.6 Å². The van der Waals surface area contributed by atoms with Crippen LogP contribution < -0.4 is 5.32 Å². The van der Waals surface area contributed by atoms with E-state index in [1.54, 1.807) is 42.5 Å². The van der Waals surface area contributed by atoms with Crippen LogP contribution in [0.2, 0.25) is 5.02 Å². The number of hydrogen-bond acceptors (Lipinski definition) is 5. The van der Waals surface area contributed by atoms with Crippen LogP contribution in [0.4, 0.5) is 5.69 Å². The van der Waals surface area contributed by atoms with Crippen molar-refractivity contribution in [3.05, 3.63) is 88.9 Å². The fraction of sp³-hybridized carbons (Fsp3) is 0.0952. The van der Waals surface area contributed by atoms with Gasteiger partial charge in [0.15, 0.2) is 19.7 Å². The van der Waals surface area contributed by atoms with E-state index >= 15 is 0 Å². The highest BCUT2D eigenvalue weighted by molar-refractivity contribution is 7.96. The summed E-state index contributed by atoms with van der Waals surface area (Å²) in [5, 5.41) is 1.92. The molecular formula is C21H16ClNO5S2. The van der Waals surface area contributed by atoms with Crippen molar-refractivity contribution in [1.29, 1.82) is 0 Å². The Hall–Kier alpha value is -2.68. The summed E-state index contributed by atoms with van der Waals surface area (Å²) in [6.45, 7) is 0. The molecule has 0 aliphatic carbocycles. The number of amides is 1. The molecule has 0 bridgehead atoms. The molecule has 1 aliphatic heterocycles. The lowest BCUT2D eigenvalue weighted by molar-refractivity contribution is 0.102. The molecular weight excluding hydrogens is 446 g/mol. The van der Waals surface area contributed by atoms with E-state index in [0.717, 1.165) is 0 Å². The van der Waals surface area contributed by atoms with Gasteiger partial charge < -0.3 is 5.32 Å². The van der Waals surface area contributed by atoms with Gasteiger partial charge in [0.05, 0.1) is 15.5 Å². The zero-order chi connectivity index (χ0) is 21.5. The first kappa shape index (κ1) is 20.6. The van der Waals surface area contributed by atoms with Gasteiger partial charge in [0, 0.05) is 16.3 Å². The Labute approximate surface area is 179 Å². The summed E-state index contributed by atoms with van der Waals surface area (Å²) in [5.74, 6) is -0.955. The standard InChI is InChI=1S/C21H16ClNO5S2/c22-15-8-6-14(7-9-15)21(24)23-16-10-11-19-18(12-16)20(13-29(19,25)26)30(27,28)17-4-2-1-3-5-17/h1-12,20H,13H2,(H,23,24). The van der Waals surface area contributed by atoms with Gasteiger partial charge in [-0.05, 0) is 60.2 Å². The monoisotopic (exact) mass is 461 g/mol. The van der Waals surface area contributed by atoms with Gasteiger partial charge in [-0.25, -0.2) is 16.8 Å². The van der Waals surface area contributed by atoms with Crippen molar-refractivity contribution < 1.29 is 21.6 Å². The molecule has 0 spiro atoms. The van der Waals surface area contributed by atoms with E-state index in [-0.39, 0.29) is 15.4 Å². The summed E-state index contributed by atoms with van der Waals surface area (Å²) in [4.78, 5) is 12.5. The first-order valence-electron chi connectivity index (χ1n) is 8.91. The van der Waals surface area contributed by atoms with E-state index in [0.29, 0.717) is 16.3 Å². The molecule has 1 heterocycles. The fourth-order valence-electron chi connectivity index (χ4n) is 3.38. The van der Waals surface area contributed by atoms with E-state index in [1.165, 1.54) is 30.3 Å². The first-order chi connectivity index (χ1) is 14.2. The number of fused-ring (bicyclic) bond motifs is 1. The minimum absolute atomic E-state index is 0.0310. The maximum absolute atomic E-state index is 13.1. The Balaban J connectivity index is 1.72. The quantitative estimate of drug-likeness (QED) is 0.635. The summed E-state index contributed by atoms with van der Waals surface area (Å²) in [7, 11) is -7.69. The van der Waals surface area contributed by atoms with Gasteiger partial charge in [0.25, 0.3) is 5.91 Å². The van der Waals surface area contributed by atoms with Crippen molar-refractivity contribution in [1.82, 2.24) is 0 Å². The van der Waals surface area contributed by atoms with Crippen LogP contribution in [0.15, 0.2) is 82.6 Å². The zero-order valence-corrected chi connectivity index (χ0v) is 17.8. The van der Waals surface area contributed by atoms with Crippen LogP contribution in [0.1, 0.15) is 21.2 Å². The molecule has 3 aromatic carbocycles. The van der Waals surface area contributed by atoms with Gasteiger partial charge in [0.1, 0.15) is 5.25 Å². The van der Waals surface area contributed by atoms with Gasteiger partial charge in [-0.3, -0.25) is 4.79 Å². The third-order valence-electron chi connectivity index (χ3n) is 4.87. The van der Waals surface area contributed by atoms with Crippen LogP contribution in [0.3, 0.4) is 0 Å². The number of nitrogens with one attached hydrogen (secondary N) is 1. The molecule has 1 unspecified atom stereocenters. The van der Waals surface area contributed by atoms with Crippen LogP contribution in [0.25, 0.3) is 0 Å². The minimum Gasteiger partial charge on any atom is -0.322 e.